The molecule has 1 amide bonds. The summed E-state index contributed by atoms with van der Waals surface area (Å²) in [6, 6.07) is 9.79. The van der Waals surface area contributed by atoms with Gasteiger partial charge in [0.25, 0.3) is 0 Å². The second-order valence-corrected chi connectivity index (χ2v) is 13.8. The summed E-state index contributed by atoms with van der Waals surface area (Å²) in [4.78, 5) is 35.9. The van der Waals surface area contributed by atoms with Gasteiger partial charge in [-0.2, -0.15) is 4.98 Å². The molecule has 2 aromatic heterocycles. The Labute approximate surface area is 252 Å². The van der Waals surface area contributed by atoms with Crippen LogP contribution in [0.3, 0.4) is 0 Å². The molecule has 3 heterocycles. The number of esters is 1. The second kappa shape index (κ2) is 13.7. The first-order valence-electron chi connectivity index (χ1n) is 15.2. The Morgan fingerprint density at radius 1 is 1.05 bits per heavy atom. The fraction of sp³-hybridized carbons (Fsp3) is 0.548. The van der Waals surface area contributed by atoms with E-state index in [0.29, 0.717) is 57.1 Å². The van der Waals surface area contributed by atoms with Crippen LogP contribution in [0.5, 0.6) is 5.75 Å². The highest BCUT2D eigenvalue weighted by Gasteiger charge is 2.32. The van der Waals surface area contributed by atoms with Crippen molar-refractivity contribution in [2.24, 2.45) is 5.92 Å². The summed E-state index contributed by atoms with van der Waals surface area (Å²) >= 11 is 0. The minimum absolute atomic E-state index is 0.0223. The first-order valence-corrected chi connectivity index (χ1v) is 17.2. The van der Waals surface area contributed by atoms with Gasteiger partial charge in [0.2, 0.25) is 11.9 Å². The van der Waals surface area contributed by atoms with Gasteiger partial charge in [-0.1, -0.05) is 13.0 Å². The second-order valence-electron chi connectivity index (χ2n) is 11.5. The lowest BCUT2D eigenvalue weighted by Gasteiger charge is -2.36. The van der Waals surface area contributed by atoms with E-state index in [1.165, 1.54) is 6.26 Å². The molecule has 0 radical (unpaired) electrons. The van der Waals surface area contributed by atoms with E-state index in [1.54, 1.807) is 13.1 Å². The van der Waals surface area contributed by atoms with Crippen molar-refractivity contribution in [1.29, 1.82) is 0 Å². The number of sulfone groups is 1. The van der Waals surface area contributed by atoms with Crippen LogP contribution in [0, 0.1) is 5.92 Å². The predicted molar refractivity (Wildman–Crippen MR) is 164 cm³/mol. The SMILES string of the molecule is CCC(=O)OC1CCN(C(=O)[C@H]2CC[C@H](Nc3nccc(-n4ccc5c(OCCCS(C)(=O)=O)cccc54)n3)CC2)CC1. The number of anilines is 1. The number of hydrogen-bond donors (Lipinski definition) is 1. The Kier molecular flexibility index (Phi) is 9.84. The molecule has 1 aliphatic heterocycles. The van der Waals surface area contributed by atoms with Crippen LogP contribution < -0.4 is 10.1 Å². The number of likely N-dealkylation sites (tertiary alicyclic amines) is 1. The zero-order valence-corrected chi connectivity index (χ0v) is 25.7. The molecular weight excluding hydrogens is 570 g/mol. The molecule has 0 bridgehead atoms. The lowest BCUT2D eigenvalue weighted by molar-refractivity contribution is -0.152. The summed E-state index contributed by atoms with van der Waals surface area (Å²) in [5.41, 5.74) is 0.928. The first-order chi connectivity index (χ1) is 20.7. The summed E-state index contributed by atoms with van der Waals surface area (Å²) in [7, 11) is -3.02. The van der Waals surface area contributed by atoms with Crippen molar-refractivity contribution in [2.75, 3.05) is 37.0 Å². The molecule has 11 nitrogen and oxygen atoms in total. The van der Waals surface area contributed by atoms with E-state index < -0.39 is 9.84 Å². The van der Waals surface area contributed by atoms with Crippen molar-refractivity contribution >= 4 is 38.6 Å². The lowest BCUT2D eigenvalue weighted by atomic mass is 9.85. The minimum Gasteiger partial charge on any atom is -0.493 e. The van der Waals surface area contributed by atoms with Gasteiger partial charge >= 0.3 is 5.97 Å². The van der Waals surface area contributed by atoms with Gasteiger partial charge in [-0.25, -0.2) is 13.4 Å². The normalized spacial score (nSPS) is 19.7. The van der Waals surface area contributed by atoms with E-state index in [9.17, 15) is 18.0 Å². The predicted octanol–water partition coefficient (Wildman–Crippen LogP) is 4.15. The highest BCUT2D eigenvalue weighted by molar-refractivity contribution is 7.90. The van der Waals surface area contributed by atoms with Gasteiger partial charge < -0.3 is 24.3 Å². The summed E-state index contributed by atoms with van der Waals surface area (Å²) in [5.74, 6) is 2.13. The number of amides is 1. The molecule has 2 aliphatic rings. The van der Waals surface area contributed by atoms with Crippen molar-refractivity contribution in [2.45, 2.75) is 70.4 Å². The highest BCUT2D eigenvalue weighted by atomic mass is 32.2. The molecule has 1 saturated heterocycles. The molecule has 0 atom stereocenters. The van der Waals surface area contributed by atoms with Gasteiger partial charge in [0.05, 0.1) is 17.9 Å². The van der Waals surface area contributed by atoms with E-state index in [1.807, 2.05) is 46.0 Å². The molecule has 3 aromatic rings. The highest BCUT2D eigenvalue weighted by Crippen LogP contribution is 2.30. The maximum atomic E-state index is 13.2. The number of nitrogens with zero attached hydrogens (tertiary/aromatic N) is 4. The Balaban J connectivity index is 1.14. The Bertz CT molecular complexity index is 1520. The van der Waals surface area contributed by atoms with Gasteiger partial charge in [-0.3, -0.25) is 9.59 Å². The molecule has 2 fully saturated rings. The minimum atomic E-state index is -3.02. The smallest absolute Gasteiger partial charge is 0.305 e. The molecule has 1 aromatic carbocycles. The molecule has 5 rings (SSSR count). The fourth-order valence-corrected chi connectivity index (χ4v) is 6.55. The van der Waals surface area contributed by atoms with E-state index >= 15 is 0 Å². The number of ether oxygens (including phenoxy) is 2. The average Bonchev–Trinajstić information content (AvgIpc) is 3.44. The van der Waals surface area contributed by atoms with E-state index in [0.717, 1.165) is 42.4 Å². The third-order valence-corrected chi connectivity index (χ3v) is 9.28. The third kappa shape index (κ3) is 8.04. The van der Waals surface area contributed by atoms with Crippen molar-refractivity contribution in [3.63, 3.8) is 0 Å². The molecule has 0 unspecified atom stereocenters. The number of carbonyl (C=O) groups is 2. The van der Waals surface area contributed by atoms with Gasteiger partial charge in [0.1, 0.15) is 27.5 Å². The van der Waals surface area contributed by atoms with Gasteiger partial charge in [-0.05, 0) is 56.4 Å². The van der Waals surface area contributed by atoms with E-state index in [-0.39, 0.29) is 35.7 Å². The quantitative estimate of drug-likeness (QED) is 0.251. The molecule has 1 saturated carbocycles. The van der Waals surface area contributed by atoms with Crippen LogP contribution in [0.1, 0.15) is 58.3 Å². The van der Waals surface area contributed by atoms with Gasteiger partial charge in [0, 0.05) is 68.3 Å². The number of nitrogens with one attached hydrogen (secondary N) is 1. The maximum Gasteiger partial charge on any atom is 0.305 e. The zero-order chi connectivity index (χ0) is 30.4. The Hall–Kier alpha value is -3.67. The molecule has 1 N–H and O–H groups in total. The van der Waals surface area contributed by atoms with Crippen molar-refractivity contribution in [3.8, 4) is 11.6 Å². The molecule has 12 heteroatoms. The summed E-state index contributed by atoms with van der Waals surface area (Å²) in [6.07, 6.45) is 10.4. The number of fused-ring (bicyclic) bond motifs is 1. The van der Waals surface area contributed by atoms with Crippen LogP contribution in [-0.4, -0.2) is 83.6 Å². The monoisotopic (exact) mass is 611 g/mol. The van der Waals surface area contributed by atoms with Crippen LogP contribution in [0.25, 0.3) is 16.7 Å². The Morgan fingerprint density at radius 2 is 1.81 bits per heavy atom. The van der Waals surface area contributed by atoms with Crippen molar-refractivity contribution in [1.82, 2.24) is 19.4 Å². The first kappa shape index (κ1) is 30.8. The molecule has 1 aliphatic carbocycles. The van der Waals surface area contributed by atoms with E-state index in [2.05, 4.69) is 10.3 Å². The van der Waals surface area contributed by atoms with Crippen LogP contribution in [0.15, 0.2) is 42.7 Å². The average molecular weight is 612 g/mol. The van der Waals surface area contributed by atoms with Crippen LogP contribution >= 0.6 is 0 Å². The van der Waals surface area contributed by atoms with E-state index in [4.69, 9.17) is 14.5 Å². The standard InChI is InChI=1S/C31H41N5O6S/c1-3-29(37)42-24-13-17-35(18-14-24)30(38)22-8-10-23(11-9-22)33-31-32-16-12-28(34-31)36-19-15-25-26(36)6-4-7-27(25)41-20-5-21-43(2,39)40/h4,6-7,12,15-16,19,22-24H,3,5,8-11,13-14,17-18,20-21H2,1-2H3,(H,32,33,34)/t22-,23-. The molecular formula is C31H41N5O6S. The number of aromatic nitrogens is 3. The zero-order valence-electron chi connectivity index (χ0n) is 24.9. The number of hydrogen-bond acceptors (Lipinski definition) is 9. The van der Waals surface area contributed by atoms with Crippen molar-refractivity contribution in [3.05, 3.63) is 42.7 Å². The number of carbonyl (C=O) groups excluding carboxylic acids is 2. The summed E-state index contributed by atoms with van der Waals surface area (Å²) < 4.78 is 36.2. The lowest BCUT2D eigenvalue weighted by Crippen LogP contribution is -2.45. The maximum absolute atomic E-state index is 13.2. The Morgan fingerprint density at radius 3 is 2.53 bits per heavy atom. The third-order valence-electron chi connectivity index (χ3n) is 8.25. The molecule has 43 heavy (non-hydrogen) atoms. The summed E-state index contributed by atoms with van der Waals surface area (Å²) in [5, 5.41) is 4.40. The van der Waals surface area contributed by atoms with Crippen LogP contribution in [0.4, 0.5) is 5.95 Å². The topological polar surface area (TPSA) is 133 Å². The van der Waals surface area contributed by atoms with Gasteiger partial charge in [0.15, 0.2) is 0 Å². The summed E-state index contributed by atoms with van der Waals surface area (Å²) in [6.45, 7) is 3.40. The number of benzene rings is 1. The molecule has 0 spiro atoms. The number of piperidine rings is 1. The number of rotatable bonds is 11. The van der Waals surface area contributed by atoms with Gasteiger partial charge in [-0.15, -0.1) is 0 Å². The van der Waals surface area contributed by atoms with Crippen LogP contribution in [-0.2, 0) is 24.2 Å². The van der Waals surface area contributed by atoms with Crippen LogP contribution in [0.2, 0.25) is 0 Å². The van der Waals surface area contributed by atoms with Crippen molar-refractivity contribution < 1.29 is 27.5 Å². The molecule has 232 valence electrons. The largest absolute Gasteiger partial charge is 0.493 e. The fourth-order valence-electron chi connectivity index (χ4n) is 5.91.